The predicted octanol–water partition coefficient (Wildman–Crippen LogP) is -0.969. The molecule has 0 aromatic rings. The topological polar surface area (TPSA) is 68.2 Å². The SMILES string of the molecule is COC1OC(C)C(O)OC1O. The number of aliphatic hydroxyl groups is 2. The molecule has 5 heteroatoms. The van der Waals surface area contributed by atoms with Gasteiger partial charge in [0.15, 0.2) is 6.29 Å². The zero-order chi connectivity index (χ0) is 8.43. The Labute approximate surface area is 64.5 Å². The zero-order valence-electron chi connectivity index (χ0n) is 6.43. The third-order valence-corrected chi connectivity index (χ3v) is 1.49. The van der Waals surface area contributed by atoms with Gasteiger partial charge in [-0.25, -0.2) is 0 Å². The molecule has 1 heterocycles. The minimum Gasteiger partial charge on any atom is -0.366 e. The van der Waals surface area contributed by atoms with Gasteiger partial charge in [-0.1, -0.05) is 0 Å². The van der Waals surface area contributed by atoms with Crippen LogP contribution in [-0.2, 0) is 14.2 Å². The molecule has 1 aliphatic heterocycles. The van der Waals surface area contributed by atoms with E-state index >= 15 is 0 Å². The van der Waals surface area contributed by atoms with Crippen LogP contribution in [0.1, 0.15) is 6.92 Å². The standard InChI is InChI=1S/C6H12O5/c1-3-4(7)11-5(8)6(9-2)10-3/h3-8H,1-2H3. The second-order valence-electron chi connectivity index (χ2n) is 2.36. The number of methoxy groups -OCH3 is 1. The normalized spacial score (nSPS) is 45.8. The quantitative estimate of drug-likeness (QED) is 0.522. The van der Waals surface area contributed by atoms with Crippen LogP contribution in [0.25, 0.3) is 0 Å². The van der Waals surface area contributed by atoms with E-state index in [1.165, 1.54) is 7.11 Å². The summed E-state index contributed by atoms with van der Waals surface area (Å²) in [7, 11) is 1.39. The Bertz CT molecular complexity index is 128. The molecule has 1 saturated heterocycles. The Morgan fingerprint density at radius 2 is 1.82 bits per heavy atom. The van der Waals surface area contributed by atoms with Crippen molar-refractivity contribution in [1.82, 2.24) is 0 Å². The lowest BCUT2D eigenvalue weighted by atomic mass is 10.3. The molecule has 0 radical (unpaired) electrons. The minimum absolute atomic E-state index is 0.483. The van der Waals surface area contributed by atoms with E-state index in [4.69, 9.17) is 19.7 Å². The molecule has 1 rings (SSSR count). The third-order valence-electron chi connectivity index (χ3n) is 1.49. The lowest BCUT2D eigenvalue weighted by molar-refractivity contribution is -0.377. The summed E-state index contributed by atoms with van der Waals surface area (Å²) >= 11 is 0. The fourth-order valence-electron chi connectivity index (χ4n) is 0.836. The molecule has 5 nitrogen and oxygen atoms in total. The van der Waals surface area contributed by atoms with Gasteiger partial charge >= 0.3 is 0 Å². The second kappa shape index (κ2) is 3.46. The highest BCUT2D eigenvalue weighted by molar-refractivity contribution is 4.64. The van der Waals surface area contributed by atoms with E-state index in [0.29, 0.717) is 0 Å². The summed E-state index contributed by atoms with van der Waals surface area (Å²) in [5.41, 5.74) is 0. The van der Waals surface area contributed by atoms with Crippen molar-refractivity contribution in [3.63, 3.8) is 0 Å². The molecule has 0 bridgehead atoms. The molecule has 0 spiro atoms. The second-order valence-corrected chi connectivity index (χ2v) is 2.36. The van der Waals surface area contributed by atoms with Crippen molar-refractivity contribution in [3.8, 4) is 0 Å². The summed E-state index contributed by atoms with van der Waals surface area (Å²) in [4.78, 5) is 0. The van der Waals surface area contributed by atoms with Crippen molar-refractivity contribution >= 4 is 0 Å². The molecule has 0 saturated carbocycles. The molecule has 2 N–H and O–H groups in total. The molecular formula is C6H12O5. The maximum absolute atomic E-state index is 9.02. The molecule has 4 atom stereocenters. The van der Waals surface area contributed by atoms with Gasteiger partial charge in [0.2, 0.25) is 12.6 Å². The number of aliphatic hydroxyl groups excluding tert-OH is 2. The van der Waals surface area contributed by atoms with Crippen LogP contribution in [0.3, 0.4) is 0 Å². The summed E-state index contributed by atoms with van der Waals surface area (Å²) in [6.07, 6.45) is -3.60. The van der Waals surface area contributed by atoms with Crippen molar-refractivity contribution in [3.05, 3.63) is 0 Å². The van der Waals surface area contributed by atoms with Gasteiger partial charge in [0.05, 0.1) is 0 Å². The van der Waals surface area contributed by atoms with Crippen LogP contribution in [0, 0.1) is 0 Å². The number of ether oxygens (including phenoxy) is 3. The van der Waals surface area contributed by atoms with Gasteiger partial charge in [-0.05, 0) is 6.92 Å². The van der Waals surface area contributed by atoms with E-state index in [0.717, 1.165) is 0 Å². The average molecular weight is 164 g/mol. The van der Waals surface area contributed by atoms with E-state index in [2.05, 4.69) is 4.74 Å². The largest absolute Gasteiger partial charge is 0.366 e. The van der Waals surface area contributed by atoms with Crippen LogP contribution in [0.5, 0.6) is 0 Å². The average Bonchev–Trinajstić information content (AvgIpc) is 1.97. The van der Waals surface area contributed by atoms with E-state index in [-0.39, 0.29) is 0 Å². The maximum Gasteiger partial charge on any atom is 0.209 e. The van der Waals surface area contributed by atoms with Crippen LogP contribution in [-0.4, -0.2) is 42.3 Å². The van der Waals surface area contributed by atoms with Crippen molar-refractivity contribution in [1.29, 1.82) is 0 Å². The van der Waals surface area contributed by atoms with Gasteiger partial charge in [-0.15, -0.1) is 0 Å². The first-order valence-corrected chi connectivity index (χ1v) is 3.35. The summed E-state index contributed by atoms with van der Waals surface area (Å²) in [6.45, 7) is 1.63. The van der Waals surface area contributed by atoms with E-state index < -0.39 is 25.0 Å². The molecule has 1 aliphatic rings. The first-order valence-electron chi connectivity index (χ1n) is 3.35. The fraction of sp³-hybridized carbons (Fsp3) is 1.00. The minimum atomic E-state index is -1.22. The molecular weight excluding hydrogens is 152 g/mol. The Morgan fingerprint density at radius 3 is 2.36 bits per heavy atom. The smallest absolute Gasteiger partial charge is 0.209 e. The fourth-order valence-corrected chi connectivity index (χ4v) is 0.836. The Hall–Kier alpha value is -0.200. The number of rotatable bonds is 1. The number of hydrogen-bond acceptors (Lipinski definition) is 5. The lowest BCUT2D eigenvalue weighted by Crippen LogP contribution is -2.48. The Balaban J connectivity index is 2.48. The Morgan fingerprint density at radius 1 is 1.18 bits per heavy atom. The van der Waals surface area contributed by atoms with E-state index in [1.54, 1.807) is 6.92 Å². The van der Waals surface area contributed by atoms with Crippen LogP contribution in [0.15, 0.2) is 0 Å². The molecule has 0 aromatic carbocycles. The highest BCUT2D eigenvalue weighted by Gasteiger charge is 2.34. The number of hydrogen-bond donors (Lipinski definition) is 2. The molecule has 4 unspecified atom stereocenters. The molecule has 1 fully saturated rings. The van der Waals surface area contributed by atoms with Gasteiger partial charge in [-0.2, -0.15) is 0 Å². The van der Waals surface area contributed by atoms with Gasteiger partial charge in [-0.3, -0.25) is 0 Å². The van der Waals surface area contributed by atoms with E-state index in [1.807, 2.05) is 0 Å². The highest BCUT2D eigenvalue weighted by Crippen LogP contribution is 2.17. The van der Waals surface area contributed by atoms with Gasteiger partial charge < -0.3 is 24.4 Å². The van der Waals surface area contributed by atoms with Gasteiger partial charge in [0.1, 0.15) is 6.10 Å². The molecule has 0 aliphatic carbocycles. The Kier molecular flexibility index (Phi) is 2.80. The van der Waals surface area contributed by atoms with Crippen molar-refractivity contribution < 1.29 is 24.4 Å². The summed E-state index contributed by atoms with van der Waals surface area (Å²) in [5.74, 6) is 0. The highest BCUT2D eigenvalue weighted by atomic mass is 16.8. The van der Waals surface area contributed by atoms with Crippen LogP contribution < -0.4 is 0 Å². The lowest BCUT2D eigenvalue weighted by Gasteiger charge is -2.34. The van der Waals surface area contributed by atoms with Crippen molar-refractivity contribution in [2.75, 3.05) is 7.11 Å². The van der Waals surface area contributed by atoms with Gasteiger partial charge in [0, 0.05) is 7.11 Å². The molecule has 0 amide bonds. The first kappa shape index (κ1) is 8.89. The van der Waals surface area contributed by atoms with Crippen molar-refractivity contribution in [2.24, 2.45) is 0 Å². The first-order chi connectivity index (χ1) is 5.15. The summed E-state index contributed by atoms with van der Waals surface area (Å²) < 4.78 is 14.4. The summed E-state index contributed by atoms with van der Waals surface area (Å²) in [5, 5.41) is 18.0. The van der Waals surface area contributed by atoms with Crippen LogP contribution >= 0.6 is 0 Å². The van der Waals surface area contributed by atoms with Gasteiger partial charge in [0.25, 0.3) is 0 Å². The molecule has 11 heavy (non-hydrogen) atoms. The van der Waals surface area contributed by atoms with Crippen LogP contribution in [0.4, 0.5) is 0 Å². The maximum atomic E-state index is 9.02. The third kappa shape index (κ3) is 1.88. The zero-order valence-corrected chi connectivity index (χ0v) is 6.43. The van der Waals surface area contributed by atoms with Crippen molar-refractivity contribution in [2.45, 2.75) is 31.9 Å². The molecule has 66 valence electrons. The predicted molar refractivity (Wildman–Crippen MR) is 34.4 cm³/mol. The van der Waals surface area contributed by atoms with E-state index in [9.17, 15) is 0 Å². The monoisotopic (exact) mass is 164 g/mol. The van der Waals surface area contributed by atoms with Crippen LogP contribution in [0.2, 0.25) is 0 Å². The summed E-state index contributed by atoms with van der Waals surface area (Å²) in [6, 6.07) is 0. The molecule has 0 aromatic heterocycles.